The maximum Gasteiger partial charge on any atom is 0.241 e. The minimum atomic E-state index is -0.0512. The molecule has 0 bridgehead atoms. The number of hydrogen-bond acceptors (Lipinski definition) is 4. The zero-order valence-corrected chi connectivity index (χ0v) is 10.1. The molecule has 0 saturated heterocycles. The van der Waals surface area contributed by atoms with Crippen LogP contribution in [0.1, 0.15) is 4.88 Å². The van der Waals surface area contributed by atoms with E-state index in [1.807, 2.05) is 11.4 Å². The molecule has 0 aliphatic rings. The maximum atomic E-state index is 11.5. The van der Waals surface area contributed by atoms with Crippen LogP contribution in [0.25, 0.3) is 0 Å². The van der Waals surface area contributed by atoms with E-state index in [-0.39, 0.29) is 12.5 Å². The van der Waals surface area contributed by atoms with Gasteiger partial charge in [-0.15, -0.1) is 11.3 Å². The molecule has 1 amide bonds. The summed E-state index contributed by atoms with van der Waals surface area (Å²) in [4.78, 5) is 12.8. The molecule has 90 valence electrons. The summed E-state index contributed by atoms with van der Waals surface area (Å²) >= 11 is 1.70. The number of aromatic nitrogens is 2. The van der Waals surface area contributed by atoms with Gasteiger partial charge in [-0.2, -0.15) is 5.10 Å². The van der Waals surface area contributed by atoms with E-state index >= 15 is 0 Å². The predicted molar refractivity (Wildman–Crippen MR) is 67.7 cm³/mol. The average molecular weight is 250 g/mol. The zero-order valence-electron chi connectivity index (χ0n) is 9.30. The van der Waals surface area contributed by atoms with E-state index in [9.17, 15) is 4.79 Å². The second kappa shape index (κ2) is 5.49. The molecule has 0 unspecified atom stereocenters. The van der Waals surface area contributed by atoms with E-state index in [1.165, 1.54) is 15.8 Å². The van der Waals surface area contributed by atoms with Crippen LogP contribution in [0.4, 0.5) is 5.69 Å². The Bertz CT molecular complexity index is 477. The molecule has 0 aromatic carbocycles. The summed E-state index contributed by atoms with van der Waals surface area (Å²) in [7, 11) is 0. The molecule has 0 atom stereocenters. The Morgan fingerprint density at radius 2 is 2.47 bits per heavy atom. The van der Waals surface area contributed by atoms with Crippen LogP contribution >= 0.6 is 11.3 Å². The van der Waals surface area contributed by atoms with Gasteiger partial charge in [-0.3, -0.25) is 9.48 Å². The monoisotopic (exact) mass is 250 g/mol. The van der Waals surface area contributed by atoms with Crippen molar-refractivity contribution in [1.82, 2.24) is 15.1 Å². The number of rotatable bonds is 5. The summed E-state index contributed by atoms with van der Waals surface area (Å²) in [5.41, 5.74) is 6.07. The van der Waals surface area contributed by atoms with Gasteiger partial charge in [0.1, 0.15) is 6.54 Å². The lowest BCUT2D eigenvalue weighted by Gasteiger charge is -2.04. The van der Waals surface area contributed by atoms with Crippen molar-refractivity contribution in [2.24, 2.45) is 0 Å². The highest BCUT2D eigenvalue weighted by molar-refractivity contribution is 7.09. The van der Waals surface area contributed by atoms with Crippen LogP contribution in [0.5, 0.6) is 0 Å². The number of nitrogens with two attached hydrogens (primary N) is 1. The van der Waals surface area contributed by atoms with Crippen LogP contribution in [-0.4, -0.2) is 22.2 Å². The third kappa shape index (κ3) is 3.60. The third-order valence-electron chi connectivity index (χ3n) is 2.23. The SMILES string of the molecule is Nc1cnn(CC(=O)NCCc2cccs2)c1. The van der Waals surface area contributed by atoms with Crippen molar-refractivity contribution in [2.75, 3.05) is 12.3 Å². The molecule has 0 aliphatic carbocycles. The molecule has 2 aromatic rings. The minimum Gasteiger partial charge on any atom is -0.396 e. The number of nitrogens with one attached hydrogen (secondary N) is 1. The Hall–Kier alpha value is -1.82. The summed E-state index contributed by atoms with van der Waals surface area (Å²) in [6.45, 7) is 0.859. The summed E-state index contributed by atoms with van der Waals surface area (Å²) in [5, 5.41) is 8.82. The first-order valence-electron chi connectivity index (χ1n) is 5.31. The van der Waals surface area contributed by atoms with E-state index in [0.29, 0.717) is 12.2 Å². The lowest BCUT2D eigenvalue weighted by molar-refractivity contribution is -0.121. The van der Waals surface area contributed by atoms with Gasteiger partial charge >= 0.3 is 0 Å². The van der Waals surface area contributed by atoms with Crippen molar-refractivity contribution in [3.63, 3.8) is 0 Å². The Morgan fingerprint density at radius 3 is 3.12 bits per heavy atom. The third-order valence-corrected chi connectivity index (χ3v) is 3.17. The minimum absolute atomic E-state index is 0.0512. The van der Waals surface area contributed by atoms with Crippen molar-refractivity contribution < 1.29 is 4.79 Å². The number of nitrogen functional groups attached to an aromatic ring is 1. The van der Waals surface area contributed by atoms with E-state index in [2.05, 4.69) is 16.5 Å². The summed E-state index contributed by atoms with van der Waals surface area (Å²) < 4.78 is 1.52. The smallest absolute Gasteiger partial charge is 0.241 e. The summed E-state index contributed by atoms with van der Waals surface area (Å²) in [6, 6.07) is 4.07. The van der Waals surface area contributed by atoms with Gasteiger partial charge in [-0.25, -0.2) is 0 Å². The molecule has 0 radical (unpaired) electrons. The maximum absolute atomic E-state index is 11.5. The molecule has 0 saturated carbocycles. The number of hydrogen-bond donors (Lipinski definition) is 2. The average Bonchev–Trinajstić information content (AvgIpc) is 2.90. The van der Waals surface area contributed by atoms with Crippen LogP contribution in [0.2, 0.25) is 0 Å². The molecule has 3 N–H and O–H groups in total. The lowest BCUT2D eigenvalue weighted by Crippen LogP contribution is -2.29. The van der Waals surface area contributed by atoms with E-state index < -0.39 is 0 Å². The number of anilines is 1. The fourth-order valence-electron chi connectivity index (χ4n) is 1.45. The number of carbonyl (C=O) groups is 1. The Balaban J connectivity index is 1.71. The van der Waals surface area contributed by atoms with E-state index in [1.54, 1.807) is 17.5 Å². The Kier molecular flexibility index (Phi) is 3.77. The fourth-order valence-corrected chi connectivity index (χ4v) is 2.16. The number of amides is 1. The molecule has 0 spiro atoms. The second-order valence-electron chi connectivity index (χ2n) is 3.65. The predicted octanol–water partition coefficient (Wildman–Crippen LogP) is 0.886. The molecule has 2 rings (SSSR count). The molecule has 5 nitrogen and oxygen atoms in total. The van der Waals surface area contributed by atoms with Gasteiger partial charge in [0.15, 0.2) is 0 Å². The number of nitrogens with zero attached hydrogens (tertiary/aromatic N) is 2. The highest BCUT2D eigenvalue weighted by Crippen LogP contribution is 2.08. The van der Waals surface area contributed by atoms with Crippen molar-refractivity contribution in [1.29, 1.82) is 0 Å². The molecule has 0 fully saturated rings. The van der Waals surface area contributed by atoms with Gasteiger partial charge in [0.05, 0.1) is 11.9 Å². The van der Waals surface area contributed by atoms with Crippen molar-refractivity contribution >= 4 is 22.9 Å². The summed E-state index contributed by atoms with van der Waals surface area (Å²) in [6.07, 6.45) is 4.03. The highest BCUT2D eigenvalue weighted by Gasteiger charge is 2.03. The lowest BCUT2D eigenvalue weighted by atomic mass is 10.3. The van der Waals surface area contributed by atoms with Gasteiger partial charge in [-0.1, -0.05) is 6.07 Å². The van der Waals surface area contributed by atoms with Gasteiger partial charge in [0.25, 0.3) is 0 Å². The van der Waals surface area contributed by atoms with Gasteiger partial charge in [-0.05, 0) is 17.9 Å². The fraction of sp³-hybridized carbons (Fsp3) is 0.273. The molecule has 6 heteroatoms. The molecule has 2 aromatic heterocycles. The highest BCUT2D eigenvalue weighted by atomic mass is 32.1. The van der Waals surface area contributed by atoms with Crippen molar-refractivity contribution in [3.8, 4) is 0 Å². The van der Waals surface area contributed by atoms with Crippen LogP contribution in [0, 0.1) is 0 Å². The molecule has 17 heavy (non-hydrogen) atoms. The zero-order chi connectivity index (χ0) is 12.1. The van der Waals surface area contributed by atoms with E-state index in [4.69, 9.17) is 5.73 Å². The summed E-state index contributed by atoms with van der Waals surface area (Å²) in [5.74, 6) is -0.0512. The molecular formula is C11H14N4OS. The molecule has 2 heterocycles. The van der Waals surface area contributed by atoms with Gasteiger partial charge in [0.2, 0.25) is 5.91 Å². The number of carbonyl (C=O) groups excluding carboxylic acids is 1. The number of thiophene rings is 1. The standard InChI is InChI=1S/C11H14N4OS/c12-9-6-14-15(7-9)8-11(16)13-4-3-10-2-1-5-17-10/h1-2,5-7H,3-4,8,12H2,(H,13,16). The van der Waals surface area contributed by atoms with Crippen LogP contribution < -0.4 is 11.1 Å². The quantitative estimate of drug-likeness (QED) is 0.827. The van der Waals surface area contributed by atoms with Gasteiger partial charge < -0.3 is 11.1 Å². The van der Waals surface area contributed by atoms with Gasteiger partial charge in [0, 0.05) is 17.6 Å². The second-order valence-corrected chi connectivity index (χ2v) is 4.68. The topological polar surface area (TPSA) is 72.9 Å². The first-order valence-corrected chi connectivity index (χ1v) is 6.19. The van der Waals surface area contributed by atoms with Crippen molar-refractivity contribution in [2.45, 2.75) is 13.0 Å². The normalized spacial score (nSPS) is 10.4. The molecular weight excluding hydrogens is 236 g/mol. The first-order chi connectivity index (χ1) is 8.24. The van der Waals surface area contributed by atoms with Crippen molar-refractivity contribution in [3.05, 3.63) is 34.8 Å². The molecule has 0 aliphatic heterocycles. The van der Waals surface area contributed by atoms with E-state index in [0.717, 1.165) is 6.42 Å². The Morgan fingerprint density at radius 1 is 1.59 bits per heavy atom. The largest absolute Gasteiger partial charge is 0.396 e. The van der Waals surface area contributed by atoms with Crippen LogP contribution in [0.15, 0.2) is 29.9 Å². The van der Waals surface area contributed by atoms with Crippen LogP contribution in [-0.2, 0) is 17.8 Å². The Labute approximate surface area is 103 Å². The van der Waals surface area contributed by atoms with Crippen LogP contribution in [0.3, 0.4) is 0 Å². The first kappa shape index (κ1) is 11.7.